The molecule has 0 atom stereocenters. The highest BCUT2D eigenvalue weighted by Crippen LogP contribution is 2.32. The Hall–Kier alpha value is -4.14. The number of carbonyl (C=O) groups excluding carboxylic acids is 1. The van der Waals surface area contributed by atoms with Crippen LogP contribution in [0, 0.1) is 6.92 Å². The molecular formula is C24H25N7O2. The summed E-state index contributed by atoms with van der Waals surface area (Å²) in [6.07, 6.45) is 3.34. The van der Waals surface area contributed by atoms with Crippen LogP contribution in [-0.2, 0) is 0 Å². The molecule has 0 aliphatic carbocycles. The Labute approximate surface area is 191 Å². The number of urea groups is 1. The molecule has 1 saturated heterocycles. The third-order valence-electron chi connectivity index (χ3n) is 5.93. The van der Waals surface area contributed by atoms with Crippen molar-refractivity contribution in [3.8, 4) is 16.9 Å². The normalized spacial score (nSPS) is 13.9. The van der Waals surface area contributed by atoms with Crippen molar-refractivity contribution in [3.05, 3.63) is 66.6 Å². The van der Waals surface area contributed by atoms with Crippen LogP contribution in [0.25, 0.3) is 16.9 Å². The summed E-state index contributed by atoms with van der Waals surface area (Å²) in [6.45, 7) is 4.52. The number of ether oxygens (including phenoxy) is 1. The maximum atomic E-state index is 12.8. The standard InChI is InChI=1S/C24H25N7O2/c1-17-5-3-4-6-21(17)28-24(32)30-13-11-29(12-14-30)22-20(15-25-23-26-16-27-31(22)23)18-7-9-19(33-2)10-8-18/h3-10,15-16H,11-14H2,1-2H3,(H,28,32). The maximum absolute atomic E-state index is 12.8. The van der Waals surface area contributed by atoms with Crippen molar-refractivity contribution in [2.24, 2.45) is 0 Å². The molecule has 9 nitrogen and oxygen atoms in total. The first kappa shape index (κ1) is 20.7. The minimum atomic E-state index is -0.0834. The van der Waals surface area contributed by atoms with Crippen molar-refractivity contribution in [1.82, 2.24) is 24.5 Å². The van der Waals surface area contributed by atoms with Crippen molar-refractivity contribution >= 4 is 23.3 Å². The fraction of sp³-hybridized carbons (Fsp3) is 0.250. The lowest BCUT2D eigenvalue weighted by Gasteiger charge is -2.36. The quantitative estimate of drug-likeness (QED) is 0.520. The second-order valence-corrected chi connectivity index (χ2v) is 7.91. The molecular weight excluding hydrogens is 418 g/mol. The smallest absolute Gasteiger partial charge is 0.321 e. The Morgan fingerprint density at radius 2 is 1.76 bits per heavy atom. The lowest BCUT2D eigenvalue weighted by atomic mass is 10.1. The van der Waals surface area contributed by atoms with Crippen molar-refractivity contribution < 1.29 is 9.53 Å². The first-order valence-corrected chi connectivity index (χ1v) is 10.8. The van der Waals surface area contributed by atoms with Crippen molar-refractivity contribution in [1.29, 1.82) is 0 Å². The number of aromatic nitrogens is 4. The molecule has 4 aromatic rings. The van der Waals surface area contributed by atoms with Crippen LogP contribution < -0.4 is 15.0 Å². The van der Waals surface area contributed by atoms with Gasteiger partial charge in [-0.1, -0.05) is 30.3 Å². The van der Waals surface area contributed by atoms with E-state index in [-0.39, 0.29) is 6.03 Å². The van der Waals surface area contributed by atoms with Gasteiger partial charge in [0.2, 0.25) is 0 Å². The van der Waals surface area contributed by atoms with Gasteiger partial charge in [0.25, 0.3) is 5.78 Å². The number of carbonyl (C=O) groups is 1. The fourth-order valence-corrected chi connectivity index (χ4v) is 4.07. The van der Waals surface area contributed by atoms with Crippen molar-refractivity contribution in [2.75, 3.05) is 43.5 Å². The molecule has 0 bridgehead atoms. The van der Waals surface area contributed by atoms with Crippen LogP contribution >= 0.6 is 0 Å². The number of hydrogen-bond donors (Lipinski definition) is 1. The van der Waals surface area contributed by atoms with Crippen molar-refractivity contribution in [2.45, 2.75) is 6.92 Å². The summed E-state index contributed by atoms with van der Waals surface area (Å²) in [6, 6.07) is 15.6. The molecule has 0 unspecified atom stereocenters. The van der Waals surface area contributed by atoms with E-state index in [4.69, 9.17) is 4.74 Å². The van der Waals surface area contributed by atoms with E-state index in [1.54, 1.807) is 11.6 Å². The number of nitrogens with zero attached hydrogens (tertiary/aromatic N) is 6. The second-order valence-electron chi connectivity index (χ2n) is 7.91. The first-order valence-electron chi connectivity index (χ1n) is 10.8. The van der Waals surface area contributed by atoms with Crippen LogP contribution in [0.15, 0.2) is 61.1 Å². The molecule has 9 heteroatoms. The van der Waals surface area contributed by atoms with E-state index in [0.717, 1.165) is 33.9 Å². The summed E-state index contributed by atoms with van der Waals surface area (Å²) in [4.78, 5) is 25.6. The molecule has 0 radical (unpaired) electrons. The van der Waals surface area contributed by atoms with Gasteiger partial charge in [-0.2, -0.15) is 14.6 Å². The molecule has 5 rings (SSSR count). The highest BCUT2D eigenvalue weighted by atomic mass is 16.5. The zero-order valence-corrected chi connectivity index (χ0v) is 18.6. The number of aryl methyl sites for hydroxylation is 1. The molecule has 1 aliphatic heterocycles. The molecule has 168 valence electrons. The summed E-state index contributed by atoms with van der Waals surface area (Å²) < 4.78 is 7.06. The third kappa shape index (κ3) is 4.05. The van der Waals surface area contributed by atoms with Crippen LogP contribution in [0.3, 0.4) is 0 Å². The van der Waals surface area contributed by atoms with Crippen molar-refractivity contribution in [3.63, 3.8) is 0 Å². The van der Waals surface area contributed by atoms with Gasteiger partial charge in [0.1, 0.15) is 17.9 Å². The number of fused-ring (bicyclic) bond motifs is 1. The van der Waals surface area contributed by atoms with E-state index in [1.165, 1.54) is 6.33 Å². The highest BCUT2D eigenvalue weighted by Gasteiger charge is 2.26. The number of rotatable bonds is 4. The summed E-state index contributed by atoms with van der Waals surface area (Å²) in [5, 5.41) is 7.44. The number of methoxy groups -OCH3 is 1. The number of amides is 2. The average Bonchev–Trinajstić information content (AvgIpc) is 3.34. The topological polar surface area (TPSA) is 87.9 Å². The van der Waals surface area contributed by atoms with E-state index < -0.39 is 0 Å². The third-order valence-corrected chi connectivity index (χ3v) is 5.93. The number of piperazine rings is 1. The van der Waals surface area contributed by atoms with Gasteiger partial charge in [0.05, 0.1) is 7.11 Å². The number of nitrogens with one attached hydrogen (secondary N) is 1. The number of benzene rings is 2. The minimum absolute atomic E-state index is 0.0834. The van der Waals surface area contributed by atoms with Gasteiger partial charge >= 0.3 is 6.03 Å². The zero-order chi connectivity index (χ0) is 22.8. The predicted molar refractivity (Wildman–Crippen MR) is 127 cm³/mol. The number of anilines is 2. The molecule has 33 heavy (non-hydrogen) atoms. The van der Waals surface area contributed by atoms with Crippen LogP contribution in [-0.4, -0.2) is 63.8 Å². The van der Waals surface area contributed by atoms with Gasteiger partial charge < -0.3 is 19.9 Å². The second kappa shape index (κ2) is 8.78. The summed E-state index contributed by atoms with van der Waals surface area (Å²) in [7, 11) is 1.65. The Morgan fingerprint density at radius 1 is 1.00 bits per heavy atom. The summed E-state index contributed by atoms with van der Waals surface area (Å²) in [5.74, 6) is 2.26. The van der Waals surface area contributed by atoms with Gasteiger partial charge in [0.15, 0.2) is 0 Å². The van der Waals surface area contributed by atoms with Crippen LogP contribution in [0.1, 0.15) is 5.56 Å². The van der Waals surface area contributed by atoms with Crippen LogP contribution in [0.5, 0.6) is 5.75 Å². The van der Waals surface area contributed by atoms with Gasteiger partial charge in [-0.15, -0.1) is 0 Å². The van der Waals surface area contributed by atoms with E-state index in [2.05, 4.69) is 25.3 Å². The van der Waals surface area contributed by atoms with E-state index >= 15 is 0 Å². The number of hydrogen-bond acceptors (Lipinski definition) is 6. The lowest BCUT2D eigenvalue weighted by Crippen LogP contribution is -2.50. The molecule has 1 N–H and O–H groups in total. The molecule has 1 aliphatic rings. The minimum Gasteiger partial charge on any atom is -0.497 e. The van der Waals surface area contributed by atoms with Crippen LogP contribution in [0.4, 0.5) is 16.3 Å². The Morgan fingerprint density at radius 3 is 2.48 bits per heavy atom. The Balaban J connectivity index is 1.38. The molecule has 2 aromatic carbocycles. The Bertz CT molecular complexity index is 1280. The molecule has 2 amide bonds. The first-order chi connectivity index (χ1) is 16.1. The van der Waals surface area contributed by atoms with Gasteiger partial charge in [-0.25, -0.2) is 9.78 Å². The Kier molecular flexibility index (Phi) is 5.52. The summed E-state index contributed by atoms with van der Waals surface area (Å²) >= 11 is 0. The SMILES string of the molecule is COc1ccc(-c2cnc3ncnn3c2N2CCN(C(=O)Nc3ccccc3C)CC2)cc1. The van der Waals surface area contributed by atoms with Gasteiger partial charge in [0, 0.05) is 43.6 Å². The average molecular weight is 444 g/mol. The molecule has 1 fully saturated rings. The van der Waals surface area contributed by atoms with Gasteiger partial charge in [-0.05, 0) is 36.2 Å². The molecule has 0 saturated carbocycles. The number of para-hydroxylation sites is 1. The monoisotopic (exact) mass is 443 g/mol. The predicted octanol–water partition coefficient (Wildman–Crippen LogP) is 3.46. The largest absolute Gasteiger partial charge is 0.497 e. The zero-order valence-electron chi connectivity index (χ0n) is 18.6. The van der Waals surface area contributed by atoms with Gasteiger partial charge in [-0.3, -0.25) is 0 Å². The van der Waals surface area contributed by atoms with Crippen LogP contribution in [0.2, 0.25) is 0 Å². The summed E-state index contributed by atoms with van der Waals surface area (Å²) in [5.41, 5.74) is 3.84. The van der Waals surface area contributed by atoms with E-state index in [9.17, 15) is 4.79 Å². The maximum Gasteiger partial charge on any atom is 0.321 e. The molecule has 2 aromatic heterocycles. The molecule has 0 spiro atoms. The molecule has 3 heterocycles. The van der Waals surface area contributed by atoms with E-state index in [1.807, 2.05) is 66.6 Å². The fourth-order valence-electron chi connectivity index (χ4n) is 4.07. The van der Waals surface area contributed by atoms with E-state index in [0.29, 0.717) is 32.0 Å². The highest BCUT2D eigenvalue weighted by molar-refractivity contribution is 5.90. The lowest BCUT2D eigenvalue weighted by molar-refractivity contribution is 0.208.